The molecule has 0 N–H and O–H groups in total. The molecule has 12 rings (SSSR count). The summed E-state index contributed by atoms with van der Waals surface area (Å²) in [5, 5.41) is 12.4. The zero-order valence-electron chi connectivity index (χ0n) is 34.6. The lowest BCUT2D eigenvalue weighted by molar-refractivity contribution is 1.29. The Morgan fingerprint density at radius 2 is 0.698 bits per heavy atom. The molecule has 294 valence electrons. The predicted octanol–water partition coefficient (Wildman–Crippen LogP) is 17.6. The maximum atomic E-state index is 2.44. The monoisotopic (exact) mass is 799 g/mol. The molecule has 0 spiro atoms. The van der Waals surface area contributed by atoms with Gasteiger partial charge in [-0.15, -0.1) is 0 Å². The third kappa shape index (κ3) is 6.42. The summed E-state index contributed by atoms with van der Waals surface area (Å²) in [6, 6.07) is 91.1. The Kier molecular flexibility index (Phi) is 8.90. The van der Waals surface area contributed by atoms with Crippen molar-refractivity contribution in [1.29, 1.82) is 0 Å². The molecule has 1 nitrogen and oxygen atoms in total. The lowest BCUT2D eigenvalue weighted by atomic mass is 9.81. The third-order valence-electron chi connectivity index (χ3n) is 12.8. The Labute approximate surface area is 367 Å². The topological polar surface area (TPSA) is 3.24 Å². The first-order chi connectivity index (χ1) is 31.2. The molecule has 0 unspecified atom stereocenters. The van der Waals surface area contributed by atoms with Gasteiger partial charge < -0.3 is 4.90 Å². The first-order valence-corrected chi connectivity index (χ1v) is 21.7. The minimum absolute atomic E-state index is 1.13. The molecule has 0 radical (unpaired) electrons. The largest absolute Gasteiger partial charge is 0.310 e. The number of hydrogen-bond acceptors (Lipinski definition) is 1. The Morgan fingerprint density at radius 3 is 1.40 bits per heavy atom. The van der Waals surface area contributed by atoms with Crippen LogP contribution in [0.3, 0.4) is 0 Å². The molecule has 0 amide bonds. The van der Waals surface area contributed by atoms with Crippen molar-refractivity contribution in [2.45, 2.75) is 0 Å². The molecule has 1 heteroatoms. The Balaban J connectivity index is 1.05. The van der Waals surface area contributed by atoms with E-state index in [4.69, 9.17) is 0 Å². The van der Waals surface area contributed by atoms with E-state index < -0.39 is 0 Å². The lowest BCUT2D eigenvalue weighted by Crippen LogP contribution is -2.09. The maximum absolute atomic E-state index is 2.44. The Hall–Kier alpha value is -8.26. The van der Waals surface area contributed by atoms with Crippen molar-refractivity contribution >= 4 is 70.9 Å². The summed E-state index contributed by atoms with van der Waals surface area (Å²) < 4.78 is 0. The predicted molar refractivity (Wildman–Crippen MR) is 270 cm³/mol. The van der Waals surface area contributed by atoms with E-state index in [1.807, 2.05) is 0 Å². The molecular formula is C62H41N. The summed E-state index contributed by atoms with van der Waals surface area (Å²) in [6.07, 6.45) is 0. The Bertz CT molecular complexity index is 3650. The van der Waals surface area contributed by atoms with Crippen molar-refractivity contribution in [2.24, 2.45) is 0 Å². The zero-order chi connectivity index (χ0) is 41.7. The minimum Gasteiger partial charge on any atom is -0.310 e. The van der Waals surface area contributed by atoms with Gasteiger partial charge >= 0.3 is 0 Å². The van der Waals surface area contributed by atoms with Crippen LogP contribution < -0.4 is 4.90 Å². The van der Waals surface area contributed by atoms with Gasteiger partial charge in [0.15, 0.2) is 0 Å². The second kappa shape index (κ2) is 15.3. The quantitative estimate of drug-likeness (QED) is 0.145. The fourth-order valence-corrected chi connectivity index (χ4v) is 9.82. The zero-order valence-corrected chi connectivity index (χ0v) is 34.6. The van der Waals surface area contributed by atoms with Gasteiger partial charge in [0, 0.05) is 17.1 Å². The van der Waals surface area contributed by atoms with E-state index in [0.29, 0.717) is 0 Å². The number of hydrogen-bond donors (Lipinski definition) is 0. The van der Waals surface area contributed by atoms with E-state index in [-0.39, 0.29) is 0 Å². The average Bonchev–Trinajstić information content (AvgIpc) is 3.36. The van der Waals surface area contributed by atoms with Crippen LogP contribution in [0.4, 0.5) is 17.1 Å². The fraction of sp³-hybridized carbons (Fsp3) is 0. The molecule has 0 aliphatic carbocycles. The van der Waals surface area contributed by atoms with E-state index in [9.17, 15) is 0 Å². The molecule has 0 bridgehead atoms. The lowest BCUT2D eigenvalue weighted by Gasteiger charge is -2.26. The van der Waals surface area contributed by atoms with Crippen molar-refractivity contribution in [3.8, 4) is 44.5 Å². The van der Waals surface area contributed by atoms with Gasteiger partial charge in [0.2, 0.25) is 0 Å². The van der Waals surface area contributed by atoms with Crippen LogP contribution in [-0.4, -0.2) is 0 Å². The molecule has 63 heavy (non-hydrogen) atoms. The van der Waals surface area contributed by atoms with Gasteiger partial charge in [-0.25, -0.2) is 0 Å². The van der Waals surface area contributed by atoms with Gasteiger partial charge in [0.1, 0.15) is 0 Å². The minimum atomic E-state index is 1.13. The van der Waals surface area contributed by atoms with Crippen molar-refractivity contribution in [1.82, 2.24) is 0 Å². The number of benzene rings is 12. The number of para-hydroxylation sites is 1. The smallest absolute Gasteiger partial charge is 0.0468 e. The average molecular weight is 800 g/mol. The highest BCUT2D eigenvalue weighted by Gasteiger charge is 2.22. The number of rotatable bonds is 7. The second-order valence-corrected chi connectivity index (χ2v) is 16.4. The molecule has 12 aromatic rings. The third-order valence-corrected chi connectivity index (χ3v) is 12.8. The summed E-state index contributed by atoms with van der Waals surface area (Å²) in [5.41, 5.74) is 13.1. The normalized spacial score (nSPS) is 11.5. The second-order valence-electron chi connectivity index (χ2n) is 16.4. The summed E-state index contributed by atoms with van der Waals surface area (Å²) in [4.78, 5) is 2.36. The summed E-state index contributed by atoms with van der Waals surface area (Å²) in [6.45, 7) is 0. The van der Waals surface area contributed by atoms with Gasteiger partial charge in [-0.3, -0.25) is 0 Å². The van der Waals surface area contributed by atoms with Crippen LogP contribution in [0.1, 0.15) is 0 Å². The van der Waals surface area contributed by atoms with Crippen LogP contribution in [0.15, 0.2) is 249 Å². The van der Waals surface area contributed by atoms with E-state index >= 15 is 0 Å². The van der Waals surface area contributed by atoms with Crippen LogP contribution in [0.25, 0.3) is 98.4 Å². The first-order valence-electron chi connectivity index (χ1n) is 21.7. The molecule has 0 aliphatic rings. The van der Waals surface area contributed by atoms with Gasteiger partial charge in [0.05, 0.1) is 0 Å². The van der Waals surface area contributed by atoms with Gasteiger partial charge in [-0.2, -0.15) is 0 Å². The molecule has 0 heterocycles. The maximum Gasteiger partial charge on any atom is 0.0468 e. The van der Waals surface area contributed by atoms with Crippen molar-refractivity contribution in [3.05, 3.63) is 249 Å². The van der Waals surface area contributed by atoms with Gasteiger partial charge in [-0.05, 0) is 153 Å². The van der Waals surface area contributed by atoms with Crippen LogP contribution in [-0.2, 0) is 0 Å². The molecule has 0 atom stereocenters. The highest BCUT2D eigenvalue weighted by molar-refractivity contribution is 6.33. The summed E-state index contributed by atoms with van der Waals surface area (Å²) >= 11 is 0. The standard InChI is InChI=1S/C62H41N/c1-5-18-43(19-6-1)57-41-58(44-20-7-2-8-21-44)61-56-36-33-50(40-59(56)54-27-15-16-28-55(54)62(61)60(57)45-22-9-3-10-23-45)47-29-30-49-39-53(35-32-48(49)37-47)63(51-25-11-4-12-26-51)52-34-31-42-17-13-14-24-46(42)38-52/h1-41H. The van der Waals surface area contributed by atoms with Crippen molar-refractivity contribution in [3.63, 3.8) is 0 Å². The molecule has 0 aliphatic heterocycles. The molecular weight excluding hydrogens is 759 g/mol. The molecule has 0 saturated carbocycles. The van der Waals surface area contributed by atoms with Crippen molar-refractivity contribution < 1.29 is 0 Å². The SMILES string of the molecule is c1ccc(-c2cc(-c3ccccc3)c3c4ccc(-c5ccc6cc(N(c7ccccc7)c7ccc8ccccc8c7)ccc6c5)cc4c4ccccc4c3c2-c2ccccc2)cc1. The highest BCUT2D eigenvalue weighted by atomic mass is 15.1. The Morgan fingerprint density at radius 1 is 0.222 bits per heavy atom. The number of fused-ring (bicyclic) bond motifs is 8. The van der Waals surface area contributed by atoms with E-state index in [0.717, 1.165) is 17.1 Å². The van der Waals surface area contributed by atoms with E-state index in [1.54, 1.807) is 0 Å². The summed E-state index contributed by atoms with van der Waals surface area (Å²) in [5.74, 6) is 0. The van der Waals surface area contributed by atoms with Crippen LogP contribution >= 0.6 is 0 Å². The van der Waals surface area contributed by atoms with Crippen LogP contribution in [0.2, 0.25) is 0 Å². The van der Waals surface area contributed by atoms with Crippen molar-refractivity contribution in [2.75, 3.05) is 4.90 Å². The van der Waals surface area contributed by atoms with Gasteiger partial charge in [-0.1, -0.05) is 194 Å². The number of anilines is 3. The fourth-order valence-electron chi connectivity index (χ4n) is 9.82. The highest BCUT2D eigenvalue weighted by Crippen LogP contribution is 2.49. The summed E-state index contributed by atoms with van der Waals surface area (Å²) in [7, 11) is 0. The van der Waals surface area contributed by atoms with Gasteiger partial charge in [0.25, 0.3) is 0 Å². The van der Waals surface area contributed by atoms with E-state index in [2.05, 4.69) is 254 Å². The molecule has 0 saturated heterocycles. The molecule has 0 aromatic heterocycles. The van der Waals surface area contributed by atoms with Crippen LogP contribution in [0.5, 0.6) is 0 Å². The van der Waals surface area contributed by atoms with Crippen LogP contribution in [0, 0.1) is 0 Å². The number of nitrogens with zero attached hydrogens (tertiary/aromatic N) is 1. The first kappa shape index (κ1) is 36.6. The van der Waals surface area contributed by atoms with E-state index in [1.165, 1.54) is 98.4 Å². The molecule has 0 fully saturated rings. The molecule has 12 aromatic carbocycles.